The van der Waals surface area contributed by atoms with Gasteiger partial charge in [-0.2, -0.15) is 0 Å². The first-order valence-electron chi connectivity index (χ1n) is 9.84. The summed E-state index contributed by atoms with van der Waals surface area (Å²) in [7, 11) is 0. The first kappa shape index (κ1) is 19.3. The van der Waals surface area contributed by atoms with Crippen LogP contribution >= 0.6 is 0 Å². The van der Waals surface area contributed by atoms with E-state index in [2.05, 4.69) is 58.9 Å². The third kappa shape index (κ3) is 5.81. The normalized spacial score (nSPS) is 19.9. The summed E-state index contributed by atoms with van der Waals surface area (Å²) in [6, 6.07) is 8.58. The van der Waals surface area contributed by atoms with Crippen LogP contribution in [0, 0.1) is 5.41 Å². The van der Waals surface area contributed by atoms with Crippen LogP contribution in [-0.4, -0.2) is 12.4 Å². The van der Waals surface area contributed by atoms with Crippen LogP contribution in [0.15, 0.2) is 24.3 Å². The van der Waals surface area contributed by atoms with E-state index in [9.17, 15) is 0 Å². The van der Waals surface area contributed by atoms with Gasteiger partial charge >= 0.3 is 0 Å². The van der Waals surface area contributed by atoms with Gasteiger partial charge in [0.05, 0.1) is 6.10 Å². The van der Waals surface area contributed by atoms with Gasteiger partial charge in [-0.3, -0.25) is 0 Å². The molecule has 2 rings (SSSR count). The molecule has 1 saturated carbocycles. The molecule has 2 nitrogen and oxygen atoms in total. The molecule has 0 radical (unpaired) electrons. The summed E-state index contributed by atoms with van der Waals surface area (Å²) in [5, 5.41) is 0. The Hall–Kier alpha value is -1.02. The van der Waals surface area contributed by atoms with Crippen molar-refractivity contribution in [2.75, 3.05) is 0 Å². The van der Waals surface area contributed by atoms with Gasteiger partial charge in [0.1, 0.15) is 5.75 Å². The molecule has 1 aromatic carbocycles. The molecule has 0 amide bonds. The highest BCUT2D eigenvalue weighted by Crippen LogP contribution is 2.40. The van der Waals surface area contributed by atoms with E-state index in [4.69, 9.17) is 9.47 Å². The Morgan fingerprint density at radius 1 is 1.00 bits per heavy atom. The highest BCUT2D eigenvalue weighted by Gasteiger charge is 2.31. The molecular formula is C22H36O2. The minimum absolute atomic E-state index is 0.150. The zero-order valence-corrected chi connectivity index (χ0v) is 16.3. The van der Waals surface area contributed by atoms with E-state index in [0.29, 0.717) is 11.3 Å². The maximum Gasteiger partial charge on any atom is 0.200 e. The monoisotopic (exact) mass is 332 g/mol. The van der Waals surface area contributed by atoms with Crippen LogP contribution in [0.25, 0.3) is 0 Å². The molecule has 1 aromatic rings. The van der Waals surface area contributed by atoms with Crippen LogP contribution in [0.4, 0.5) is 0 Å². The van der Waals surface area contributed by atoms with Gasteiger partial charge in [0.2, 0.25) is 6.29 Å². The van der Waals surface area contributed by atoms with Gasteiger partial charge < -0.3 is 9.47 Å². The lowest BCUT2D eigenvalue weighted by molar-refractivity contribution is -0.131. The topological polar surface area (TPSA) is 18.5 Å². The smallest absolute Gasteiger partial charge is 0.200 e. The molecule has 2 heteroatoms. The van der Waals surface area contributed by atoms with Gasteiger partial charge in [-0.25, -0.2) is 0 Å². The average Bonchev–Trinajstić information content (AvgIpc) is 2.54. The largest absolute Gasteiger partial charge is 0.465 e. The molecule has 24 heavy (non-hydrogen) atoms. The Bertz CT molecular complexity index is 471. The first-order chi connectivity index (χ1) is 11.4. The molecule has 0 aromatic heterocycles. The molecule has 0 heterocycles. The minimum Gasteiger partial charge on any atom is -0.465 e. The molecule has 1 aliphatic rings. The lowest BCUT2D eigenvalue weighted by Gasteiger charge is -2.37. The van der Waals surface area contributed by atoms with Gasteiger partial charge in [0.15, 0.2) is 0 Å². The lowest BCUT2D eigenvalue weighted by Crippen LogP contribution is -2.33. The summed E-state index contributed by atoms with van der Waals surface area (Å²) >= 11 is 0. The van der Waals surface area contributed by atoms with E-state index in [1.165, 1.54) is 37.7 Å². The summed E-state index contributed by atoms with van der Waals surface area (Å²) in [5.41, 5.74) is 1.74. The number of ether oxygens (including phenoxy) is 2. The van der Waals surface area contributed by atoms with Crippen LogP contribution < -0.4 is 4.74 Å². The van der Waals surface area contributed by atoms with E-state index in [0.717, 1.165) is 18.6 Å². The van der Waals surface area contributed by atoms with E-state index < -0.39 is 0 Å². The lowest BCUT2D eigenvalue weighted by atomic mass is 9.73. The Morgan fingerprint density at radius 3 is 2.17 bits per heavy atom. The zero-order chi connectivity index (χ0) is 17.6. The van der Waals surface area contributed by atoms with Crippen LogP contribution in [0.5, 0.6) is 5.75 Å². The van der Waals surface area contributed by atoms with Crippen molar-refractivity contribution in [3.8, 4) is 5.75 Å². The molecule has 136 valence electrons. The van der Waals surface area contributed by atoms with Gasteiger partial charge in [0.25, 0.3) is 0 Å². The molecular weight excluding hydrogens is 296 g/mol. The highest BCUT2D eigenvalue weighted by molar-refractivity contribution is 5.29. The van der Waals surface area contributed by atoms with Crippen molar-refractivity contribution in [2.45, 2.75) is 97.9 Å². The Labute approximate surface area is 148 Å². The Kier molecular flexibility index (Phi) is 7.16. The summed E-state index contributed by atoms with van der Waals surface area (Å²) in [5.74, 6) is 1.52. The average molecular weight is 333 g/mol. The molecule has 1 aliphatic carbocycles. The molecule has 0 N–H and O–H groups in total. The Balaban J connectivity index is 2.02. The van der Waals surface area contributed by atoms with Gasteiger partial charge in [0, 0.05) is 6.42 Å². The molecule has 0 spiro atoms. The fraction of sp³-hybridized carbons (Fsp3) is 0.727. The van der Waals surface area contributed by atoms with E-state index >= 15 is 0 Å². The van der Waals surface area contributed by atoms with Crippen molar-refractivity contribution in [3.63, 3.8) is 0 Å². The summed E-state index contributed by atoms with van der Waals surface area (Å²) in [6.45, 7) is 11.1. The number of benzene rings is 1. The van der Waals surface area contributed by atoms with E-state index in [1.807, 2.05) is 0 Å². The molecule has 0 aliphatic heterocycles. The van der Waals surface area contributed by atoms with Gasteiger partial charge in [-0.1, -0.05) is 52.2 Å². The van der Waals surface area contributed by atoms with Crippen molar-refractivity contribution >= 4 is 0 Å². The molecule has 2 atom stereocenters. The maximum atomic E-state index is 6.24. The van der Waals surface area contributed by atoms with Crippen LogP contribution in [0.1, 0.15) is 91.0 Å². The highest BCUT2D eigenvalue weighted by atomic mass is 16.7. The standard InChI is InChI=1S/C22H36O2/c1-6-18(4)19-10-12-20(13-11-19)24-21(23-17(2)3)16-22(5)14-8-7-9-15-22/h10-13,17-18,21H,6-9,14-16H2,1-5H3. The van der Waals surface area contributed by atoms with E-state index in [-0.39, 0.29) is 12.4 Å². The van der Waals surface area contributed by atoms with Crippen molar-refractivity contribution in [2.24, 2.45) is 5.41 Å². The predicted octanol–water partition coefficient (Wildman–Crippen LogP) is 6.69. The second-order valence-corrected chi connectivity index (χ2v) is 8.19. The summed E-state index contributed by atoms with van der Waals surface area (Å²) < 4.78 is 12.3. The van der Waals surface area contributed by atoms with Gasteiger partial charge in [-0.15, -0.1) is 0 Å². The van der Waals surface area contributed by atoms with Crippen molar-refractivity contribution in [1.29, 1.82) is 0 Å². The van der Waals surface area contributed by atoms with Crippen LogP contribution in [0.2, 0.25) is 0 Å². The number of rotatable bonds is 8. The third-order valence-corrected chi connectivity index (χ3v) is 5.47. The zero-order valence-electron chi connectivity index (χ0n) is 16.3. The molecule has 0 saturated heterocycles. The van der Waals surface area contributed by atoms with Crippen LogP contribution in [0.3, 0.4) is 0 Å². The fourth-order valence-corrected chi connectivity index (χ4v) is 3.70. The summed E-state index contributed by atoms with van der Waals surface area (Å²) in [4.78, 5) is 0. The SMILES string of the molecule is CCC(C)c1ccc(OC(CC2(C)CCCCC2)OC(C)C)cc1. The van der Waals surface area contributed by atoms with Crippen molar-refractivity contribution in [3.05, 3.63) is 29.8 Å². The van der Waals surface area contributed by atoms with Gasteiger partial charge in [-0.05, 0) is 62.1 Å². The van der Waals surface area contributed by atoms with E-state index in [1.54, 1.807) is 0 Å². The quantitative estimate of drug-likeness (QED) is 0.494. The van der Waals surface area contributed by atoms with Crippen molar-refractivity contribution < 1.29 is 9.47 Å². The Morgan fingerprint density at radius 2 is 1.62 bits per heavy atom. The minimum atomic E-state index is -0.150. The first-order valence-corrected chi connectivity index (χ1v) is 9.84. The molecule has 0 bridgehead atoms. The van der Waals surface area contributed by atoms with Crippen LogP contribution in [-0.2, 0) is 4.74 Å². The third-order valence-electron chi connectivity index (χ3n) is 5.47. The van der Waals surface area contributed by atoms with Crippen molar-refractivity contribution in [1.82, 2.24) is 0 Å². The second-order valence-electron chi connectivity index (χ2n) is 8.19. The number of hydrogen-bond donors (Lipinski definition) is 0. The number of hydrogen-bond acceptors (Lipinski definition) is 2. The molecule has 2 unspecified atom stereocenters. The maximum absolute atomic E-state index is 6.24. The predicted molar refractivity (Wildman–Crippen MR) is 102 cm³/mol. The molecule has 1 fully saturated rings. The summed E-state index contributed by atoms with van der Waals surface area (Å²) in [6.07, 6.45) is 8.83. The fourth-order valence-electron chi connectivity index (χ4n) is 3.70. The second kappa shape index (κ2) is 8.89.